The fourth-order valence-electron chi connectivity index (χ4n) is 5.61. The van der Waals surface area contributed by atoms with Gasteiger partial charge in [-0.15, -0.1) is 0 Å². The molecule has 3 aromatic rings. The lowest BCUT2D eigenvalue weighted by atomic mass is 10.1. The Morgan fingerprint density at radius 2 is 1.94 bits per heavy atom. The van der Waals surface area contributed by atoms with Crippen molar-refractivity contribution in [1.29, 1.82) is 0 Å². The van der Waals surface area contributed by atoms with Crippen molar-refractivity contribution in [1.82, 2.24) is 25.2 Å². The second-order valence-corrected chi connectivity index (χ2v) is 10.2. The van der Waals surface area contributed by atoms with Crippen LogP contribution in [0.4, 0.5) is 5.69 Å². The van der Waals surface area contributed by atoms with Gasteiger partial charge in [0.05, 0.1) is 35.6 Å². The van der Waals surface area contributed by atoms with Crippen LogP contribution >= 0.6 is 0 Å². The lowest BCUT2D eigenvalue weighted by Crippen LogP contribution is -2.46. The van der Waals surface area contributed by atoms with Crippen LogP contribution in [0.1, 0.15) is 34.2 Å². The number of amides is 1. The van der Waals surface area contributed by atoms with E-state index in [1.165, 1.54) is 0 Å². The lowest BCUT2D eigenvalue weighted by molar-refractivity contribution is 0.0924. The average molecular weight is 489 g/mol. The molecule has 3 fully saturated rings. The van der Waals surface area contributed by atoms with Crippen molar-refractivity contribution in [3.63, 3.8) is 0 Å². The van der Waals surface area contributed by atoms with E-state index in [2.05, 4.69) is 30.1 Å². The van der Waals surface area contributed by atoms with Crippen LogP contribution in [0, 0.1) is 18.8 Å². The Labute approximate surface area is 209 Å². The summed E-state index contributed by atoms with van der Waals surface area (Å²) in [6.45, 7) is 9.85. The number of aromatic amines is 1. The minimum atomic E-state index is -0.0925. The van der Waals surface area contributed by atoms with Crippen LogP contribution in [-0.2, 0) is 17.7 Å². The van der Waals surface area contributed by atoms with Crippen molar-refractivity contribution in [3.8, 4) is 0 Å². The molecule has 36 heavy (non-hydrogen) atoms. The Kier molecular flexibility index (Phi) is 5.97. The Balaban J connectivity index is 1.06. The van der Waals surface area contributed by atoms with E-state index in [4.69, 9.17) is 4.74 Å². The molecule has 0 bridgehead atoms. The van der Waals surface area contributed by atoms with E-state index >= 15 is 0 Å². The fraction of sp³-hybridized carbons (Fsp3) is 0.481. The molecule has 2 N–H and O–H groups in total. The third-order valence-electron chi connectivity index (χ3n) is 7.87. The first-order valence-electron chi connectivity index (χ1n) is 12.8. The molecule has 2 saturated heterocycles. The largest absolute Gasteiger partial charge is 0.381 e. The summed E-state index contributed by atoms with van der Waals surface area (Å²) in [5, 5.41) is 3.12. The van der Waals surface area contributed by atoms with Crippen LogP contribution in [0.25, 0.3) is 11.0 Å². The van der Waals surface area contributed by atoms with Crippen LogP contribution in [-0.4, -0.2) is 71.2 Å². The highest BCUT2D eigenvalue weighted by Crippen LogP contribution is 2.44. The zero-order chi connectivity index (χ0) is 24.8. The number of fused-ring (bicyclic) bond motifs is 2. The van der Waals surface area contributed by atoms with Gasteiger partial charge < -0.3 is 19.9 Å². The summed E-state index contributed by atoms with van der Waals surface area (Å²) in [6, 6.07) is 8.03. The maximum Gasteiger partial charge on any atom is 0.270 e. The molecule has 3 aliphatic rings. The molecule has 0 radical (unpaired) electrons. The molecule has 6 rings (SSSR count). The Hall–Kier alpha value is -3.30. The summed E-state index contributed by atoms with van der Waals surface area (Å²) in [6.07, 6.45) is 2.60. The second-order valence-electron chi connectivity index (χ2n) is 10.2. The molecule has 9 nitrogen and oxygen atoms in total. The number of aryl methyl sites for hydroxylation is 2. The van der Waals surface area contributed by atoms with E-state index < -0.39 is 0 Å². The first-order chi connectivity index (χ1) is 17.5. The Morgan fingerprint density at radius 3 is 2.67 bits per heavy atom. The maximum atomic E-state index is 12.7. The quantitative estimate of drug-likeness (QED) is 0.546. The van der Waals surface area contributed by atoms with E-state index in [1.807, 2.05) is 44.3 Å². The van der Waals surface area contributed by atoms with Crippen LogP contribution < -0.4 is 15.8 Å². The van der Waals surface area contributed by atoms with E-state index in [0.29, 0.717) is 24.0 Å². The summed E-state index contributed by atoms with van der Waals surface area (Å²) in [5.74, 6) is 0.865. The predicted octanol–water partition coefficient (Wildman–Crippen LogP) is 1.89. The molecule has 5 heterocycles. The zero-order valence-electron chi connectivity index (χ0n) is 20.8. The number of pyridine rings is 3. The van der Waals surface area contributed by atoms with Crippen molar-refractivity contribution in [2.45, 2.75) is 32.9 Å². The number of carbonyl (C=O) groups is 1. The molecule has 1 saturated carbocycles. The molecular weight excluding hydrogens is 456 g/mol. The highest BCUT2D eigenvalue weighted by molar-refractivity contribution is 5.93. The molecule has 2 unspecified atom stereocenters. The lowest BCUT2D eigenvalue weighted by Gasteiger charge is -2.36. The first kappa shape index (κ1) is 23.1. The van der Waals surface area contributed by atoms with Gasteiger partial charge in [0.25, 0.3) is 11.5 Å². The highest BCUT2D eigenvalue weighted by atomic mass is 16.5. The normalized spacial score (nSPS) is 23.6. The van der Waals surface area contributed by atoms with Crippen LogP contribution in [0.3, 0.4) is 0 Å². The molecule has 1 amide bonds. The van der Waals surface area contributed by atoms with Gasteiger partial charge in [0, 0.05) is 62.4 Å². The third-order valence-corrected chi connectivity index (χ3v) is 7.87. The molecule has 2 aliphatic heterocycles. The van der Waals surface area contributed by atoms with Gasteiger partial charge in [-0.1, -0.05) is 6.92 Å². The van der Waals surface area contributed by atoms with Gasteiger partial charge in [0.1, 0.15) is 5.69 Å². The number of ether oxygens (including phenoxy) is 1. The van der Waals surface area contributed by atoms with Crippen molar-refractivity contribution in [3.05, 3.63) is 63.3 Å². The molecule has 2 atom stereocenters. The van der Waals surface area contributed by atoms with Crippen molar-refractivity contribution < 1.29 is 9.53 Å². The number of piperazine rings is 1. The smallest absolute Gasteiger partial charge is 0.270 e. The van der Waals surface area contributed by atoms with Gasteiger partial charge in [0.15, 0.2) is 0 Å². The van der Waals surface area contributed by atoms with Gasteiger partial charge in [-0.25, -0.2) is 4.98 Å². The monoisotopic (exact) mass is 488 g/mol. The SMILES string of the molecule is CCc1cc2ncc(CN3CCN(c4ccc(C(=O)NC5C6COCC65)nc4C)CC3)cc2[nH]c1=O. The fourth-order valence-corrected chi connectivity index (χ4v) is 5.61. The van der Waals surface area contributed by atoms with Gasteiger partial charge >= 0.3 is 0 Å². The number of anilines is 1. The summed E-state index contributed by atoms with van der Waals surface area (Å²) in [4.78, 5) is 41.7. The summed E-state index contributed by atoms with van der Waals surface area (Å²) < 4.78 is 5.40. The van der Waals surface area contributed by atoms with Gasteiger partial charge in [0.2, 0.25) is 0 Å². The summed E-state index contributed by atoms with van der Waals surface area (Å²) in [7, 11) is 0. The highest BCUT2D eigenvalue weighted by Gasteiger charge is 2.54. The van der Waals surface area contributed by atoms with Crippen molar-refractivity contribution in [2.24, 2.45) is 11.8 Å². The van der Waals surface area contributed by atoms with E-state index in [9.17, 15) is 9.59 Å². The van der Waals surface area contributed by atoms with Gasteiger partial charge in [-0.2, -0.15) is 0 Å². The first-order valence-corrected chi connectivity index (χ1v) is 12.8. The molecule has 9 heteroatoms. The number of H-pyrrole nitrogens is 1. The van der Waals surface area contributed by atoms with E-state index in [0.717, 1.165) is 79.5 Å². The molecule has 0 aromatic carbocycles. The van der Waals surface area contributed by atoms with Gasteiger partial charge in [-0.3, -0.25) is 19.5 Å². The number of nitrogens with zero attached hydrogens (tertiary/aromatic N) is 4. The minimum absolute atomic E-state index is 0.0326. The number of nitrogens with one attached hydrogen (secondary N) is 2. The predicted molar refractivity (Wildman–Crippen MR) is 137 cm³/mol. The molecule has 3 aromatic heterocycles. The zero-order valence-corrected chi connectivity index (χ0v) is 20.8. The number of rotatable bonds is 6. The van der Waals surface area contributed by atoms with Crippen LogP contribution in [0.2, 0.25) is 0 Å². The molecule has 0 spiro atoms. The van der Waals surface area contributed by atoms with Crippen LogP contribution in [0.5, 0.6) is 0 Å². The number of hydrogen-bond donors (Lipinski definition) is 2. The summed E-state index contributed by atoms with van der Waals surface area (Å²) in [5.41, 5.74) is 5.88. The number of carbonyl (C=O) groups excluding carboxylic acids is 1. The maximum absolute atomic E-state index is 12.7. The minimum Gasteiger partial charge on any atom is -0.381 e. The van der Waals surface area contributed by atoms with Crippen molar-refractivity contribution in [2.75, 3.05) is 44.3 Å². The Morgan fingerprint density at radius 1 is 1.17 bits per heavy atom. The average Bonchev–Trinajstić information content (AvgIpc) is 3.28. The molecular formula is C27H32N6O3. The molecule has 1 aliphatic carbocycles. The molecule has 188 valence electrons. The van der Waals surface area contributed by atoms with E-state index in [1.54, 1.807) is 0 Å². The third kappa shape index (κ3) is 4.37. The van der Waals surface area contributed by atoms with E-state index in [-0.39, 0.29) is 17.5 Å². The van der Waals surface area contributed by atoms with Crippen LogP contribution in [0.15, 0.2) is 35.3 Å². The topological polar surface area (TPSA) is 103 Å². The second kappa shape index (κ2) is 9.29. The Bertz CT molecular complexity index is 1350. The van der Waals surface area contributed by atoms with Crippen molar-refractivity contribution >= 4 is 22.6 Å². The summed E-state index contributed by atoms with van der Waals surface area (Å²) >= 11 is 0. The number of aromatic nitrogens is 3. The standard InChI is InChI=1S/C27H32N6O3/c1-3-18-11-22-23(30-26(18)34)10-17(12-28-22)13-32-6-8-33(9-7-32)24-5-4-21(29-16(24)2)27(35)31-25-19-14-36-15-20(19)25/h4-5,10-12,19-20,25H,3,6-9,13-15H2,1-2H3,(H,30,34)(H,31,35). The van der Waals surface area contributed by atoms with Gasteiger partial charge in [-0.05, 0) is 43.2 Å². The number of hydrogen-bond acceptors (Lipinski definition) is 7.